The first kappa shape index (κ1) is 14.4. The lowest BCUT2D eigenvalue weighted by atomic mass is 9.89. The predicted molar refractivity (Wildman–Crippen MR) is 69.6 cm³/mol. The van der Waals surface area contributed by atoms with Gasteiger partial charge in [0.2, 0.25) is 15.9 Å². The third kappa shape index (κ3) is 2.26. The van der Waals surface area contributed by atoms with Crippen molar-refractivity contribution in [3.05, 3.63) is 24.0 Å². The number of rotatable bonds is 3. The van der Waals surface area contributed by atoms with Crippen LogP contribution in [-0.2, 0) is 14.8 Å². The van der Waals surface area contributed by atoms with E-state index >= 15 is 0 Å². The minimum absolute atomic E-state index is 0.0183. The molecule has 0 radical (unpaired) electrons. The van der Waals surface area contributed by atoms with Crippen LogP contribution in [0.1, 0.15) is 19.0 Å². The summed E-state index contributed by atoms with van der Waals surface area (Å²) in [7, 11) is -3.85. The first-order chi connectivity index (χ1) is 9.31. The minimum atomic E-state index is -3.85. The lowest BCUT2D eigenvalue weighted by Gasteiger charge is -2.21. The Morgan fingerprint density at radius 3 is 2.85 bits per heavy atom. The number of sulfonamides is 1. The summed E-state index contributed by atoms with van der Waals surface area (Å²) in [5.74, 6) is -0.526. The van der Waals surface area contributed by atoms with Crippen molar-refractivity contribution in [1.29, 1.82) is 5.26 Å². The molecule has 1 saturated heterocycles. The first-order valence-corrected chi connectivity index (χ1v) is 7.40. The molecule has 2 rings (SSSR count). The Kier molecular flexibility index (Phi) is 3.50. The number of carbonyl (C=O) groups excluding carboxylic acids is 1. The summed E-state index contributed by atoms with van der Waals surface area (Å²) < 4.78 is 26.2. The van der Waals surface area contributed by atoms with Crippen LogP contribution in [0.25, 0.3) is 0 Å². The molecular weight excluding hydrogens is 280 g/mol. The zero-order chi connectivity index (χ0) is 15.0. The molecule has 0 bridgehead atoms. The number of nitriles is 1. The maximum absolute atomic E-state index is 12.5. The van der Waals surface area contributed by atoms with Crippen LogP contribution in [0, 0.1) is 16.7 Å². The van der Waals surface area contributed by atoms with Gasteiger partial charge in [0.25, 0.3) is 0 Å². The van der Waals surface area contributed by atoms with Gasteiger partial charge in [0.1, 0.15) is 11.0 Å². The van der Waals surface area contributed by atoms with Gasteiger partial charge in [-0.15, -0.1) is 0 Å². The Hall–Kier alpha value is -1.98. The van der Waals surface area contributed by atoms with Crippen molar-refractivity contribution in [2.75, 3.05) is 13.1 Å². The fourth-order valence-electron chi connectivity index (χ4n) is 2.15. The molecule has 1 fully saturated rings. The van der Waals surface area contributed by atoms with Gasteiger partial charge in [0.05, 0.1) is 5.41 Å². The van der Waals surface area contributed by atoms with E-state index in [0.29, 0.717) is 6.42 Å². The molecule has 0 saturated carbocycles. The summed E-state index contributed by atoms with van der Waals surface area (Å²) in [5.41, 5.74) is 4.28. The summed E-state index contributed by atoms with van der Waals surface area (Å²) in [4.78, 5) is 15.0. The van der Waals surface area contributed by atoms with Gasteiger partial charge in [-0.1, -0.05) is 0 Å². The molecule has 20 heavy (non-hydrogen) atoms. The molecule has 106 valence electrons. The maximum atomic E-state index is 12.5. The first-order valence-electron chi connectivity index (χ1n) is 5.96. The number of nitrogens with two attached hydrogens (primary N) is 1. The number of nitrogens with zero attached hydrogens (tertiary/aromatic N) is 3. The van der Waals surface area contributed by atoms with Gasteiger partial charge in [0.15, 0.2) is 5.69 Å². The van der Waals surface area contributed by atoms with Crippen molar-refractivity contribution in [2.45, 2.75) is 18.2 Å². The predicted octanol–water partition coefficient (Wildman–Crippen LogP) is -0.161. The van der Waals surface area contributed by atoms with Crippen LogP contribution in [0.2, 0.25) is 0 Å². The van der Waals surface area contributed by atoms with E-state index in [2.05, 4.69) is 4.98 Å². The largest absolute Gasteiger partial charge is 0.369 e. The van der Waals surface area contributed by atoms with Crippen LogP contribution in [0.4, 0.5) is 0 Å². The van der Waals surface area contributed by atoms with Crippen molar-refractivity contribution >= 4 is 15.9 Å². The summed E-state index contributed by atoms with van der Waals surface area (Å²) in [6.45, 7) is 1.85. The fourth-order valence-corrected chi connectivity index (χ4v) is 3.80. The van der Waals surface area contributed by atoms with Gasteiger partial charge in [-0.05, 0) is 25.5 Å². The molecule has 7 nitrogen and oxygen atoms in total. The lowest BCUT2D eigenvalue weighted by Crippen LogP contribution is -2.38. The second kappa shape index (κ2) is 4.85. The van der Waals surface area contributed by atoms with Crippen molar-refractivity contribution in [3.63, 3.8) is 0 Å². The highest BCUT2D eigenvalue weighted by Gasteiger charge is 2.44. The number of aromatic nitrogens is 1. The van der Waals surface area contributed by atoms with E-state index < -0.39 is 21.3 Å². The second-order valence-electron chi connectivity index (χ2n) is 4.98. The van der Waals surface area contributed by atoms with Gasteiger partial charge in [0, 0.05) is 19.3 Å². The van der Waals surface area contributed by atoms with Crippen molar-refractivity contribution in [1.82, 2.24) is 9.29 Å². The average Bonchev–Trinajstić information content (AvgIpc) is 2.83. The van der Waals surface area contributed by atoms with Gasteiger partial charge in [-0.25, -0.2) is 13.4 Å². The third-order valence-electron chi connectivity index (χ3n) is 3.53. The van der Waals surface area contributed by atoms with E-state index in [1.807, 2.05) is 0 Å². The van der Waals surface area contributed by atoms with Gasteiger partial charge >= 0.3 is 0 Å². The number of hydrogen-bond acceptors (Lipinski definition) is 5. The Morgan fingerprint density at radius 2 is 2.30 bits per heavy atom. The van der Waals surface area contributed by atoms with Gasteiger partial charge < -0.3 is 5.73 Å². The van der Waals surface area contributed by atoms with Crippen LogP contribution in [0.15, 0.2) is 23.2 Å². The molecule has 1 aromatic rings. The highest BCUT2D eigenvalue weighted by Crippen LogP contribution is 2.33. The lowest BCUT2D eigenvalue weighted by molar-refractivity contribution is -0.126. The fraction of sp³-hybridized carbons (Fsp3) is 0.417. The number of carbonyl (C=O) groups is 1. The molecular formula is C12H14N4O3S. The molecule has 1 amide bonds. The number of pyridine rings is 1. The molecule has 2 heterocycles. The molecule has 2 N–H and O–H groups in total. The van der Waals surface area contributed by atoms with E-state index in [1.165, 1.54) is 22.6 Å². The standard InChI is InChI=1S/C12H14N4O3S/c1-12(11(14)17)4-6-16(8-12)20(18,19)10-3-2-5-15-9(10)7-13/h2-3,5H,4,6,8H2,1H3,(H2,14,17). The molecule has 1 unspecified atom stereocenters. The third-order valence-corrected chi connectivity index (χ3v) is 5.40. The maximum Gasteiger partial charge on any atom is 0.245 e. The molecule has 1 aliphatic heterocycles. The Labute approximate surface area is 117 Å². The quantitative estimate of drug-likeness (QED) is 0.831. The van der Waals surface area contributed by atoms with E-state index in [1.54, 1.807) is 13.0 Å². The van der Waals surface area contributed by atoms with Crippen molar-refractivity contribution in [2.24, 2.45) is 11.1 Å². The summed E-state index contributed by atoms with van der Waals surface area (Å²) >= 11 is 0. The summed E-state index contributed by atoms with van der Waals surface area (Å²) in [5, 5.41) is 8.95. The molecule has 1 aliphatic rings. The van der Waals surface area contributed by atoms with Crippen LogP contribution < -0.4 is 5.73 Å². The zero-order valence-corrected chi connectivity index (χ0v) is 11.7. The number of primary amides is 1. The Balaban J connectivity index is 2.39. The Morgan fingerprint density at radius 1 is 1.60 bits per heavy atom. The molecule has 0 aromatic carbocycles. The number of amides is 1. The van der Waals surface area contributed by atoms with E-state index in [4.69, 9.17) is 11.0 Å². The van der Waals surface area contributed by atoms with Crippen LogP contribution in [-0.4, -0.2) is 36.7 Å². The van der Waals surface area contributed by atoms with Crippen molar-refractivity contribution < 1.29 is 13.2 Å². The topological polar surface area (TPSA) is 117 Å². The van der Waals surface area contributed by atoms with Gasteiger partial charge in [-0.2, -0.15) is 9.57 Å². The normalized spacial score (nSPS) is 23.4. The van der Waals surface area contributed by atoms with E-state index in [9.17, 15) is 13.2 Å². The van der Waals surface area contributed by atoms with Crippen LogP contribution in [0.5, 0.6) is 0 Å². The average molecular weight is 294 g/mol. The van der Waals surface area contributed by atoms with Crippen molar-refractivity contribution in [3.8, 4) is 6.07 Å². The molecule has 0 spiro atoms. The minimum Gasteiger partial charge on any atom is -0.369 e. The van der Waals surface area contributed by atoms with Gasteiger partial charge in [-0.3, -0.25) is 4.79 Å². The summed E-state index contributed by atoms with van der Waals surface area (Å²) in [6.07, 6.45) is 1.72. The molecule has 8 heteroatoms. The van der Waals surface area contributed by atoms with E-state index in [0.717, 1.165) is 0 Å². The van der Waals surface area contributed by atoms with Crippen LogP contribution >= 0.6 is 0 Å². The summed E-state index contributed by atoms with van der Waals surface area (Å²) in [6, 6.07) is 4.55. The molecule has 0 aliphatic carbocycles. The number of hydrogen-bond donors (Lipinski definition) is 1. The second-order valence-corrected chi connectivity index (χ2v) is 6.88. The zero-order valence-electron chi connectivity index (χ0n) is 10.9. The molecule has 1 aromatic heterocycles. The SMILES string of the molecule is CC1(C(N)=O)CCN(S(=O)(=O)c2cccnc2C#N)C1. The van der Waals surface area contributed by atoms with E-state index in [-0.39, 0.29) is 23.7 Å². The highest BCUT2D eigenvalue weighted by atomic mass is 32.2. The monoisotopic (exact) mass is 294 g/mol. The van der Waals surface area contributed by atoms with Crippen LogP contribution in [0.3, 0.4) is 0 Å². The Bertz CT molecular complexity index is 695. The smallest absolute Gasteiger partial charge is 0.245 e. The highest BCUT2D eigenvalue weighted by molar-refractivity contribution is 7.89. The molecule has 1 atom stereocenters.